The van der Waals surface area contributed by atoms with E-state index in [1.807, 2.05) is 0 Å². The molecule has 3 heteroatoms. The van der Waals surface area contributed by atoms with Gasteiger partial charge in [-0.3, -0.25) is 0 Å². The van der Waals surface area contributed by atoms with E-state index in [0.29, 0.717) is 6.04 Å². The number of piperidine rings is 1. The van der Waals surface area contributed by atoms with Crippen LogP contribution in [0.25, 0.3) is 0 Å². The van der Waals surface area contributed by atoms with E-state index in [-0.39, 0.29) is 0 Å². The van der Waals surface area contributed by atoms with Gasteiger partial charge in [0.2, 0.25) is 0 Å². The molecule has 2 rings (SSSR count). The molecular formula is C18H30N2O. The highest BCUT2D eigenvalue weighted by atomic mass is 16.5. The normalized spacial score (nSPS) is 18.6. The van der Waals surface area contributed by atoms with Gasteiger partial charge in [0.05, 0.1) is 7.11 Å². The van der Waals surface area contributed by atoms with Gasteiger partial charge in [-0.05, 0) is 69.4 Å². The third-order valence-corrected chi connectivity index (χ3v) is 4.74. The van der Waals surface area contributed by atoms with Crippen LogP contribution >= 0.6 is 0 Å². The molecular weight excluding hydrogens is 260 g/mol. The lowest BCUT2D eigenvalue weighted by Gasteiger charge is -2.35. The molecule has 0 radical (unpaired) electrons. The number of benzene rings is 1. The molecule has 0 aliphatic carbocycles. The van der Waals surface area contributed by atoms with E-state index in [1.54, 1.807) is 7.11 Å². The number of rotatable bonds is 7. The molecule has 0 spiro atoms. The first kappa shape index (κ1) is 16.3. The van der Waals surface area contributed by atoms with Gasteiger partial charge in [-0.15, -0.1) is 0 Å². The van der Waals surface area contributed by atoms with Crippen molar-refractivity contribution in [2.45, 2.75) is 39.2 Å². The minimum Gasteiger partial charge on any atom is -0.497 e. The molecule has 1 aromatic carbocycles. The Morgan fingerprint density at radius 3 is 2.48 bits per heavy atom. The van der Waals surface area contributed by atoms with E-state index in [4.69, 9.17) is 4.74 Å². The lowest BCUT2D eigenvalue weighted by Crippen LogP contribution is -2.42. The minimum atomic E-state index is 0.665. The molecule has 1 atom stereocenters. The van der Waals surface area contributed by atoms with Gasteiger partial charge in [-0.2, -0.15) is 0 Å². The van der Waals surface area contributed by atoms with Crippen LogP contribution in [0.3, 0.4) is 0 Å². The first-order valence-corrected chi connectivity index (χ1v) is 8.31. The summed E-state index contributed by atoms with van der Waals surface area (Å²) >= 11 is 0. The van der Waals surface area contributed by atoms with Gasteiger partial charge in [0.1, 0.15) is 5.75 Å². The van der Waals surface area contributed by atoms with Gasteiger partial charge in [-0.25, -0.2) is 0 Å². The molecule has 0 aromatic heterocycles. The molecule has 3 nitrogen and oxygen atoms in total. The molecule has 1 N–H and O–H groups in total. The van der Waals surface area contributed by atoms with Crippen molar-refractivity contribution in [3.05, 3.63) is 29.8 Å². The van der Waals surface area contributed by atoms with Gasteiger partial charge in [-0.1, -0.05) is 19.1 Å². The van der Waals surface area contributed by atoms with Crippen LogP contribution < -0.4 is 10.1 Å². The molecule has 0 bridgehead atoms. The van der Waals surface area contributed by atoms with Crippen LogP contribution in [0.5, 0.6) is 5.75 Å². The molecule has 1 fully saturated rings. The molecule has 1 unspecified atom stereocenters. The standard InChI is InChI=1S/C18H30N2O/c1-4-19-15(2)17-10-13-20(14-11-17)12-9-16-5-7-18(21-3)8-6-16/h5-8,15,17,19H,4,9-14H2,1-3H3. The maximum absolute atomic E-state index is 5.20. The predicted octanol–water partition coefficient (Wildman–Crippen LogP) is 2.95. The first-order chi connectivity index (χ1) is 10.2. The smallest absolute Gasteiger partial charge is 0.118 e. The number of ether oxygens (including phenoxy) is 1. The maximum Gasteiger partial charge on any atom is 0.118 e. The van der Waals surface area contributed by atoms with E-state index in [1.165, 1.54) is 38.0 Å². The first-order valence-electron chi connectivity index (χ1n) is 8.31. The second-order valence-electron chi connectivity index (χ2n) is 6.12. The molecule has 1 aliphatic heterocycles. The Morgan fingerprint density at radius 2 is 1.90 bits per heavy atom. The van der Waals surface area contributed by atoms with Crippen LogP contribution in [0.1, 0.15) is 32.3 Å². The summed E-state index contributed by atoms with van der Waals surface area (Å²) in [5, 5.41) is 3.57. The SMILES string of the molecule is CCNC(C)C1CCN(CCc2ccc(OC)cc2)CC1. The third kappa shape index (κ3) is 5.01. The van der Waals surface area contributed by atoms with Gasteiger partial charge < -0.3 is 15.0 Å². The van der Waals surface area contributed by atoms with Crippen LogP contribution in [-0.2, 0) is 6.42 Å². The van der Waals surface area contributed by atoms with Crippen molar-refractivity contribution < 1.29 is 4.74 Å². The zero-order valence-electron chi connectivity index (χ0n) is 13.8. The lowest BCUT2D eigenvalue weighted by molar-refractivity contribution is 0.164. The number of likely N-dealkylation sites (tertiary alicyclic amines) is 1. The second-order valence-corrected chi connectivity index (χ2v) is 6.12. The fourth-order valence-electron chi connectivity index (χ4n) is 3.24. The molecule has 1 aromatic rings. The van der Waals surface area contributed by atoms with Crippen molar-refractivity contribution in [2.24, 2.45) is 5.92 Å². The largest absolute Gasteiger partial charge is 0.497 e. The highest BCUT2D eigenvalue weighted by Crippen LogP contribution is 2.21. The number of hydrogen-bond donors (Lipinski definition) is 1. The molecule has 1 heterocycles. The highest BCUT2D eigenvalue weighted by molar-refractivity contribution is 5.27. The van der Waals surface area contributed by atoms with E-state index >= 15 is 0 Å². The van der Waals surface area contributed by atoms with Crippen molar-refractivity contribution in [2.75, 3.05) is 33.3 Å². The topological polar surface area (TPSA) is 24.5 Å². The number of methoxy groups -OCH3 is 1. The monoisotopic (exact) mass is 290 g/mol. The summed E-state index contributed by atoms with van der Waals surface area (Å²) < 4.78 is 5.20. The minimum absolute atomic E-state index is 0.665. The fraction of sp³-hybridized carbons (Fsp3) is 0.667. The van der Waals surface area contributed by atoms with Crippen LogP contribution in [0.15, 0.2) is 24.3 Å². The van der Waals surface area contributed by atoms with E-state index in [2.05, 4.69) is 48.3 Å². The summed E-state index contributed by atoms with van der Waals surface area (Å²) in [5.41, 5.74) is 1.40. The Labute approximate surface area is 129 Å². The molecule has 0 amide bonds. The molecule has 21 heavy (non-hydrogen) atoms. The van der Waals surface area contributed by atoms with Gasteiger partial charge >= 0.3 is 0 Å². The predicted molar refractivity (Wildman–Crippen MR) is 89.0 cm³/mol. The summed E-state index contributed by atoms with van der Waals surface area (Å²) in [6.07, 6.45) is 3.80. The van der Waals surface area contributed by atoms with E-state index in [0.717, 1.165) is 24.6 Å². The number of nitrogens with zero attached hydrogens (tertiary/aromatic N) is 1. The van der Waals surface area contributed by atoms with Crippen LogP contribution in [0, 0.1) is 5.92 Å². The Hall–Kier alpha value is -1.06. The third-order valence-electron chi connectivity index (χ3n) is 4.74. The average Bonchev–Trinajstić information content (AvgIpc) is 2.54. The van der Waals surface area contributed by atoms with Crippen molar-refractivity contribution in [1.82, 2.24) is 10.2 Å². The highest BCUT2D eigenvalue weighted by Gasteiger charge is 2.22. The Kier molecular flexibility index (Phi) is 6.52. The Bertz CT molecular complexity index is 396. The average molecular weight is 290 g/mol. The number of nitrogens with one attached hydrogen (secondary N) is 1. The quantitative estimate of drug-likeness (QED) is 0.835. The number of hydrogen-bond acceptors (Lipinski definition) is 3. The Morgan fingerprint density at radius 1 is 1.24 bits per heavy atom. The molecule has 1 saturated heterocycles. The van der Waals surface area contributed by atoms with Crippen molar-refractivity contribution in [3.63, 3.8) is 0 Å². The fourth-order valence-corrected chi connectivity index (χ4v) is 3.24. The second kappa shape index (κ2) is 8.40. The van der Waals surface area contributed by atoms with Gasteiger partial charge in [0.15, 0.2) is 0 Å². The summed E-state index contributed by atoms with van der Waals surface area (Å²) in [5.74, 6) is 1.79. The van der Waals surface area contributed by atoms with Crippen molar-refractivity contribution in [1.29, 1.82) is 0 Å². The lowest BCUT2D eigenvalue weighted by atomic mass is 9.90. The van der Waals surface area contributed by atoms with Gasteiger partial charge in [0.25, 0.3) is 0 Å². The zero-order chi connectivity index (χ0) is 15.1. The molecule has 0 saturated carbocycles. The zero-order valence-corrected chi connectivity index (χ0v) is 13.8. The summed E-state index contributed by atoms with van der Waals surface area (Å²) in [7, 11) is 1.72. The van der Waals surface area contributed by atoms with Gasteiger partial charge in [0, 0.05) is 12.6 Å². The van der Waals surface area contributed by atoms with Crippen molar-refractivity contribution in [3.8, 4) is 5.75 Å². The molecule has 1 aliphatic rings. The van der Waals surface area contributed by atoms with Crippen molar-refractivity contribution >= 4 is 0 Å². The van der Waals surface area contributed by atoms with Crippen LogP contribution in [0.4, 0.5) is 0 Å². The van der Waals surface area contributed by atoms with Crippen LogP contribution in [0.2, 0.25) is 0 Å². The maximum atomic E-state index is 5.20. The Balaban J connectivity index is 1.70. The van der Waals surface area contributed by atoms with Crippen LogP contribution in [-0.4, -0.2) is 44.2 Å². The van der Waals surface area contributed by atoms with E-state index < -0.39 is 0 Å². The summed E-state index contributed by atoms with van der Waals surface area (Å²) in [4.78, 5) is 2.61. The van der Waals surface area contributed by atoms with E-state index in [9.17, 15) is 0 Å². The summed E-state index contributed by atoms with van der Waals surface area (Å²) in [6.45, 7) is 9.28. The summed E-state index contributed by atoms with van der Waals surface area (Å²) in [6, 6.07) is 9.13. The molecule has 118 valence electrons.